The van der Waals surface area contributed by atoms with Crippen LogP contribution in [0.25, 0.3) is 44.6 Å². The third-order valence-corrected chi connectivity index (χ3v) is 10.5. The molecule has 4 heteroatoms. The van der Waals surface area contributed by atoms with E-state index in [9.17, 15) is 0 Å². The molecular weight excluding hydrogens is 681 g/mol. The summed E-state index contributed by atoms with van der Waals surface area (Å²) in [7, 11) is 0. The average Bonchev–Trinajstić information content (AvgIpc) is 3.82. The Labute approximate surface area is 327 Å². The van der Waals surface area contributed by atoms with Crippen LogP contribution in [0.4, 0.5) is 0 Å². The highest BCUT2D eigenvalue weighted by Gasteiger charge is 2.36. The minimum Gasteiger partial charge on any atom is -0.323 e. The predicted octanol–water partition coefficient (Wildman–Crippen LogP) is 11.4. The molecule has 0 atom stereocenters. The topological polar surface area (TPSA) is 76.8 Å². The van der Waals surface area contributed by atoms with E-state index in [4.69, 9.17) is 11.7 Å². The number of allylic oxidation sites excluding steroid dienone is 8. The molecule has 0 aliphatic heterocycles. The molecule has 266 valence electrons. The van der Waals surface area contributed by atoms with Crippen LogP contribution in [0.1, 0.15) is 44.5 Å². The monoisotopic (exact) mass is 718 g/mol. The molecule has 0 fully saturated rings. The van der Waals surface area contributed by atoms with Gasteiger partial charge in [-0.15, -0.1) is 0 Å². The average molecular weight is 719 g/mol. The maximum Gasteiger partial charge on any atom is 0.0996 e. The zero-order chi connectivity index (χ0) is 37.8. The molecule has 0 unspecified atom stereocenters. The van der Waals surface area contributed by atoms with Crippen molar-refractivity contribution >= 4 is 56.0 Å². The van der Waals surface area contributed by atoms with Gasteiger partial charge in [-0.1, -0.05) is 206 Å². The van der Waals surface area contributed by atoms with E-state index in [1.54, 1.807) is 0 Å². The Morgan fingerprint density at radius 1 is 0.196 bits per heavy atom. The van der Waals surface area contributed by atoms with Crippen LogP contribution in [0, 0.1) is 0 Å². The van der Waals surface area contributed by atoms with Gasteiger partial charge >= 0.3 is 0 Å². The summed E-state index contributed by atoms with van der Waals surface area (Å²) in [6.45, 7) is 0. The number of nitrogens with two attached hydrogens (primary N) is 2. The first-order valence-electron chi connectivity index (χ1n) is 18.7. The standard InChI is InChI=1S/C52H38N4/c53-55-51-47(37-23-11-3-12-24-37)43(35-19-7-1-8-20-35)45(49(51)39-27-15-5-16-28-39)41-31-33-42(34-32-41)46-44(36-21-9-2-10-22-36)48(38-25-13-4-14-26-38)52(56-54)50(46)40-29-17-6-18-30-40/h1-34H,53-54H2. The van der Waals surface area contributed by atoms with Crippen molar-refractivity contribution in [1.29, 1.82) is 0 Å². The molecule has 0 radical (unpaired) electrons. The fourth-order valence-corrected chi connectivity index (χ4v) is 8.19. The van der Waals surface area contributed by atoms with Gasteiger partial charge in [0.25, 0.3) is 0 Å². The van der Waals surface area contributed by atoms with Gasteiger partial charge in [-0.2, -0.15) is 10.2 Å². The molecule has 0 spiro atoms. The lowest BCUT2D eigenvalue weighted by molar-refractivity contribution is 1.26. The first-order chi connectivity index (χ1) is 27.8. The molecule has 4 nitrogen and oxygen atoms in total. The molecule has 4 N–H and O–H groups in total. The number of rotatable bonds is 8. The molecule has 0 bridgehead atoms. The minimum absolute atomic E-state index is 0.760. The Hall–Kier alpha value is -7.56. The highest BCUT2D eigenvalue weighted by Crippen LogP contribution is 2.52. The zero-order valence-electron chi connectivity index (χ0n) is 30.7. The third kappa shape index (κ3) is 6.00. The summed E-state index contributed by atoms with van der Waals surface area (Å²) in [6, 6.07) is 71.8. The number of hydrogen-bond acceptors (Lipinski definition) is 4. The number of hydrazone groups is 2. The van der Waals surface area contributed by atoms with Gasteiger partial charge in [-0.3, -0.25) is 0 Å². The Bertz CT molecular complexity index is 2530. The summed E-state index contributed by atoms with van der Waals surface area (Å²) < 4.78 is 0. The normalized spacial score (nSPS) is 15.8. The van der Waals surface area contributed by atoms with E-state index < -0.39 is 0 Å². The summed E-state index contributed by atoms with van der Waals surface area (Å²) >= 11 is 0. The summed E-state index contributed by atoms with van der Waals surface area (Å²) in [5, 5.41) is 9.08. The maximum absolute atomic E-state index is 6.39. The number of nitrogens with zero attached hydrogens (tertiary/aromatic N) is 2. The Morgan fingerprint density at radius 2 is 0.357 bits per heavy atom. The number of benzene rings is 7. The van der Waals surface area contributed by atoms with Crippen LogP contribution < -0.4 is 11.7 Å². The van der Waals surface area contributed by atoms with E-state index in [0.29, 0.717) is 0 Å². The van der Waals surface area contributed by atoms with Crippen LogP contribution in [-0.2, 0) is 0 Å². The second-order valence-corrected chi connectivity index (χ2v) is 13.7. The fourth-order valence-electron chi connectivity index (χ4n) is 8.19. The number of hydrogen-bond donors (Lipinski definition) is 2. The molecule has 7 aromatic carbocycles. The van der Waals surface area contributed by atoms with Crippen LogP contribution in [-0.4, -0.2) is 11.4 Å². The van der Waals surface area contributed by atoms with Gasteiger partial charge in [-0.25, -0.2) is 0 Å². The highest BCUT2D eigenvalue weighted by atomic mass is 15.1. The SMILES string of the molecule is NN=C1C(c2ccccc2)=C(c2ccccc2)C(c2ccc(C3=C(c4ccccc4)C(=NN)C(c4ccccc4)=C3c3ccccc3)cc2)=C1c1ccccc1. The summed E-state index contributed by atoms with van der Waals surface area (Å²) in [5.41, 5.74) is 18.4. The van der Waals surface area contributed by atoms with Gasteiger partial charge in [0.05, 0.1) is 11.4 Å². The molecule has 0 saturated heterocycles. The fraction of sp³-hybridized carbons (Fsp3) is 0. The van der Waals surface area contributed by atoms with E-state index >= 15 is 0 Å². The van der Waals surface area contributed by atoms with Crippen LogP contribution in [0.3, 0.4) is 0 Å². The van der Waals surface area contributed by atoms with Gasteiger partial charge in [0.1, 0.15) is 0 Å². The maximum atomic E-state index is 6.39. The Balaban J connectivity index is 1.32. The van der Waals surface area contributed by atoms with E-state index in [1.807, 2.05) is 24.3 Å². The smallest absolute Gasteiger partial charge is 0.0996 e. The first-order valence-corrected chi connectivity index (χ1v) is 18.7. The Morgan fingerprint density at radius 3 is 0.536 bits per heavy atom. The van der Waals surface area contributed by atoms with Crippen LogP contribution in [0.15, 0.2) is 216 Å². The first kappa shape index (κ1) is 34.2. The van der Waals surface area contributed by atoms with Crippen LogP contribution in [0.2, 0.25) is 0 Å². The predicted molar refractivity (Wildman–Crippen MR) is 236 cm³/mol. The van der Waals surface area contributed by atoms with E-state index in [1.165, 1.54) is 0 Å². The lowest BCUT2D eigenvalue weighted by Crippen LogP contribution is -2.06. The third-order valence-electron chi connectivity index (χ3n) is 10.5. The largest absolute Gasteiger partial charge is 0.323 e. The van der Waals surface area contributed by atoms with Gasteiger partial charge in [0, 0.05) is 44.6 Å². The zero-order valence-corrected chi connectivity index (χ0v) is 30.7. The van der Waals surface area contributed by atoms with Gasteiger partial charge in [0.2, 0.25) is 0 Å². The molecule has 0 aromatic heterocycles. The summed E-state index contributed by atoms with van der Waals surface area (Å²) in [4.78, 5) is 0. The van der Waals surface area contributed by atoms with Crippen molar-refractivity contribution in [2.75, 3.05) is 0 Å². The van der Waals surface area contributed by atoms with Crippen LogP contribution in [0.5, 0.6) is 0 Å². The van der Waals surface area contributed by atoms with Gasteiger partial charge in [0.15, 0.2) is 0 Å². The Kier molecular flexibility index (Phi) is 9.20. The van der Waals surface area contributed by atoms with E-state index in [2.05, 4.69) is 192 Å². The minimum atomic E-state index is 0.760. The van der Waals surface area contributed by atoms with Gasteiger partial charge in [-0.05, 0) is 44.5 Å². The van der Waals surface area contributed by atoms with Crippen molar-refractivity contribution in [1.82, 2.24) is 0 Å². The highest BCUT2D eigenvalue weighted by molar-refractivity contribution is 6.62. The lowest BCUT2D eigenvalue weighted by Gasteiger charge is -2.17. The van der Waals surface area contributed by atoms with Crippen molar-refractivity contribution in [3.63, 3.8) is 0 Å². The van der Waals surface area contributed by atoms with E-state index in [0.717, 1.165) is 101 Å². The molecule has 0 heterocycles. The molecule has 9 rings (SSSR count). The summed E-state index contributed by atoms with van der Waals surface area (Å²) in [6.07, 6.45) is 0. The molecule has 2 aliphatic carbocycles. The van der Waals surface area contributed by atoms with Crippen molar-refractivity contribution < 1.29 is 0 Å². The van der Waals surface area contributed by atoms with Crippen molar-refractivity contribution in [2.24, 2.45) is 21.9 Å². The molecule has 0 amide bonds. The van der Waals surface area contributed by atoms with Crippen LogP contribution >= 0.6 is 0 Å². The molecule has 2 aliphatic rings. The molecule has 56 heavy (non-hydrogen) atoms. The lowest BCUT2D eigenvalue weighted by atomic mass is 9.86. The molecule has 7 aromatic rings. The quantitative estimate of drug-likeness (QED) is 0.121. The second kappa shape index (κ2) is 15.1. The molecule has 0 saturated carbocycles. The summed E-state index contributed by atoms with van der Waals surface area (Å²) in [5.74, 6) is 12.8. The van der Waals surface area contributed by atoms with Gasteiger partial charge < -0.3 is 11.7 Å². The van der Waals surface area contributed by atoms with Crippen molar-refractivity contribution in [3.05, 3.63) is 251 Å². The van der Waals surface area contributed by atoms with Crippen molar-refractivity contribution in [2.45, 2.75) is 0 Å². The van der Waals surface area contributed by atoms with Crippen molar-refractivity contribution in [3.8, 4) is 0 Å². The van der Waals surface area contributed by atoms with E-state index in [-0.39, 0.29) is 0 Å². The molecular formula is C52H38N4. The second-order valence-electron chi connectivity index (χ2n) is 13.7.